The predicted octanol–water partition coefficient (Wildman–Crippen LogP) is 0.848. The van der Waals surface area contributed by atoms with Gasteiger partial charge in [0.15, 0.2) is 0 Å². The number of urea groups is 1. The first-order valence-corrected chi connectivity index (χ1v) is 7.17. The Bertz CT molecular complexity index is 482. The second-order valence-electron chi connectivity index (χ2n) is 5.17. The molecule has 2 aliphatic rings. The number of rotatable bonds is 5. The summed E-state index contributed by atoms with van der Waals surface area (Å²) in [7, 11) is 0. The molecule has 0 aromatic carbocycles. The minimum Gasteiger partial charge on any atom is -0.463 e. The molecular formula is C14H20N2O5. The van der Waals surface area contributed by atoms with E-state index < -0.39 is 18.0 Å². The largest absolute Gasteiger partial charge is 0.463 e. The molecule has 0 aromatic heterocycles. The van der Waals surface area contributed by atoms with E-state index in [0.29, 0.717) is 0 Å². The number of esters is 2. The molecule has 0 bridgehead atoms. The van der Waals surface area contributed by atoms with E-state index in [9.17, 15) is 14.4 Å². The number of carbonyl (C=O) groups is 3. The lowest BCUT2D eigenvalue weighted by Crippen LogP contribution is -2.50. The van der Waals surface area contributed by atoms with Gasteiger partial charge in [-0.2, -0.15) is 0 Å². The minimum atomic E-state index is -0.521. The van der Waals surface area contributed by atoms with E-state index in [0.717, 1.165) is 19.3 Å². The smallest absolute Gasteiger partial charge is 0.338 e. The van der Waals surface area contributed by atoms with E-state index in [1.165, 1.54) is 0 Å². The normalized spacial score (nSPS) is 22.0. The van der Waals surface area contributed by atoms with Gasteiger partial charge >= 0.3 is 18.0 Å². The fraction of sp³-hybridized carbons (Fsp3) is 0.643. The molecule has 7 heteroatoms. The zero-order valence-electron chi connectivity index (χ0n) is 12.2. The molecule has 0 unspecified atom stereocenters. The maximum absolute atomic E-state index is 12.0. The van der Waals surface area contributed by atoms with E-state index in [-0.39, 0.29) is 36.4 Å². The topological polar surface area (TPSA) is 93.7 Å². The van der Waals surface area contributed by atoms with Crippen LogP contribution in [0.5, 0.6) is 0 Å². The number of hydrogen-bond donors (Lipinski definition) is 2. The van der Waals surface area contributed by atoms with Crippen molar-refractivity contribution in [1.29, 1.82) is 0 Å². The van der Waals surface area contributed by atoms with Crippen molar-refractivity contribution < 1.29 is 23.9 Å². The molecule has 116 valence electrons. The molecule has 0 radical (unpaired) electrons. The molecule has 0 saturated heterocycles. The van der Waals surface area contributed by atoms with E-state index in [2.05, 4.69) is 10.6 Å². The van der Waals surface area contributed by atoms with Gasteiger partial charge in [0.25, 0.3) is 0 Å². The van der Waals surface area contributed by atoms with Crippen LogP contribution in [0.2, 0.25) is 0 Å². The Labute approximate surface area is 123 Å². The van der Waals surface area contributed by atoms with Crippen molar-refractivity contribution in [3.8, 4) is 0 Å². The fourth-order valence-electron chi connectivity index (χ4n) is 2.30. The SMILES string of the molecule is CCOC(=O)C1=C(COC(=O)C2CCC2)NC(=O)N[C@H]1C. The van der Waals surface area contributed by atoms with Crippen molar-refractivity contribution >= 4 is 18.0 Å². The van der Waals surface area contributed by atoms with Gasteiger partial charge in [-0.1, -0.05) is 6.42 Å². The molecule has 0 aromatic rings. The summed E-state index contributed by atoms with van der Waals surface area (Å²) in [5, 5.41) is 5.10. The highest BCUT2D eigenvalue weighted by molar-refractivity contribution is 5.94. The Hall–Kier alpha value is -2.05. The summed E-state index contributed by atoms with van der Waals surface area (Å²) < 4.78 is 10.2. The van der Waals surface area contributed by atoms with E-state index in [1.807, 2.05) is 0 Å². The molecule has 0 spiro atoms. The highest BCUT2D eigenvalue weighted by atomic mass is 16.5. The van der Waals surface area contributed by atoms with Gasteiger partial charge in [0.1, 0.15) is 6.61 Å². The zero-order chi connectivity index (χ0) is 15.4. The molecular weight excluding hydrogens is 276 g/mol. The maximum atomic E-state index is 12.0. The summed E-state index contributed by atoms with van der Waals surface area (Å²) in [6.07, 6.45) is 2.72. The number of carbonyl (C=O) groups excluding carboxylic acids is 3. The fourth-order valence-corrected chi connectivity index (χ4v) is 2.30. The molecule has 1 fully saturated rings. The second-order valence-corrected chi connectivity index (χ2v) is 5.17. The van der Waals surface area contributed by atoms with Gasteiger partial charge in [0.05, 0.1) is 29.8 Å². The predicted molar refractivity (Wildman–Crippen MR) is 73.1 cm³/mol. The minimum absolute atomic E-state index is 0.0496. The van der Waals surface area contributed by atoms with Crippen LogP contribution >= 0.6 is 0 Å². The Kier molecular flexibility index (Phi) is 4.82. The van der Waals surface area contributed by atoms with E-state index >= 15 is 0 Å². The summed E-state index contributed by atoms with van der Waals surface area (Å²) in [5.41, 5.74) is 0.579. The number of ether oxygens (including phenoxy) is 2. The first-order valence-electron chi connectivity index (χ1n) is 7.17. The third kappa shape index (κ3) is 3.53. The maximum Gasteiger partial charge on any atom is 0.338 e. The van der Waals surface area contributed by atoms with Crippen LogP contribution in [0.25, 0.3) is 0 Å². The van der Waals surface area contributed by atoms with Gasteiger partial charge < -0.3 is 20.1 Å². The van der Waals surface area contributed by atoms with Gasteiger partial charge in [-0.3, -0.25) is 4.79 Å². The van der Waals surface area contributed by atoms with Crippen LogP contribution in [-0.2, 0) is 19.1 Å². The third-order valence-corrected chi connectivity index (χ3v) is 3.66. The van der Waals surface area contributed by atoms with Gasteiger partial charge in [-0.05, 0) is 26.7 Å². The van der Waals surface area contributed by atoms with Crippen molar-refractivity contribution in [3.63, 3.8) is 0 Å². The van der Waals surface area contributed by atoms with Crippen molar-refractivity contribution in [2.45, 2.75) is 39.2 Å². The van der Waals surface area contributed by atoms with Crippen LogP contribution in [0.1, 0.15) is 33.1 Å². The standard InChI is InChI=1S/C14H20N2O5/c1-3-20-13(18)11-8(2)15-14(19)16-10(11)7-21-12(17)9-5-4-6-9/h8-9H,3-7H2,1-2H3,(H2,15,16,19)/t8-/m0/s1. The van der Waals surface area contributed by atoms with Crippen LogP contribution in [0.15, 0.2) is 11.3 Å². The van der Waals surface area contributed by atoms with Crippen LogP contribution in [0.4, 0.5) is 4.79 Å². The Morgan fingerprint density at radius 1 is 1.29 bits per heavy atom. The summed E-state index contributed by atoms with van der Waals surface area (Å²) in [6.45, 7) is 3.49. The van der Waals surface area contributed by atoms with E-state index in [1.54, 1.807) is 13.8 Å². The monoisotopic (exact) mass is 296 g/mol. The Balaban J connectivity index is 2.08. The summed E-state index contributed by atoms with van der Waals surface area (Å²) >= 11 is 0. The lowest BCUT2D eigenvalue weighted by molar-refractivity contribution is -0.150. The lowest BCUT2D eigenvalue weighted by atomic mass is 9.86. The molecule has 1 atom stereocenters. The van der Waals surface area contributed by atoms with Crippen molar-refractivity contribution in [3.05, 3.63) is 11.3 Å². The molecule has 1 aliphatic carbocycles. The van der Waals surface area contributed by atoms with Crippen LogP contribution in [-0.4, -0.2) is 37.2 Å². The Morgan fingerprint density at radius 3 is 2.57 bits per heavy atom. The van der Waals surface area contributed by atoms with Crippen molar-refractivity contribution in [1.82, 2.24) is 10.6 Å². The zero-order valence-corrected chi connectivity index (χ0v) is 12.2. The van der Waals surface area contributed by atoms with Gasteiger partial charge in [-0.15, -0.1) is 0 Å². The number of hydrogen-bond acceptors (Lipinski definition) is 5. The van der Waals surface area contributed by atoms with Crippen LogP contribution in [0.3, 0.4) is 0 Å². The first-order chi connectivity index (χ1) is 10.0. The highest BCUT2D eigenvalue weighted by Crippen LogP contribution is 2.27. The summed E-state index contributed by atoms with van der Waals surface area (Å²) in [4.78, 5) is 35.2. The van der Waals surface area contributed by atoms with Gasteiger partial charge in [-0.25, -0.2) is 9.59 Å². The molecule has 2 rings (SSSR count). The van der Waals surface area contributed by atoms with Gasteiger partial charge in [0, 0.05) is 0 Å². The van der Waals surface area contributed by atoms with Crippen LogP contribution in [0, 0.1) is 5.92 Å². The molecule has 1 aliphatic heterocycles. The molecule has 21 heavy (non-hydrogen) atoms. The average molecular weight is 296 g/mol. The molecule has 2 amide bonds. The molecule has 1 saturated carbocycles. The quantitative estimate of drug-likeness (QED) is 0.733. The first kappa shape index (κ1) is 15.3. The average Bonchev–Trinajstić information content (AvgIpc) is 2.33. The second kappa shape index (κ2) is 6.60. The molecule has 2 N–H and O–H groups in total. The number of amides is 2. The molecule has 1 heterocycles. The summed E-state index contributed by atoms with van der Waals surface area (Å²) in [6, 6.07) is -0.916. The lowest BCUT2D eigenvalue weighted by Gasteiger charge is -2.27. The van der Waals surface area contributed by atoms with Crippen molar-refractivity contribution in [2.24, 2.45) is 5.92 Å². The molecule has 7 nitrogen and oxygen atoms in total. The van der Waals surface area contributed by atoms with Crippen LogP contribution < -0.4 is 10.6 Å². The summed E-state index contributed by atoms with van der Waals surface area (Å²) in [5.74, 6) is -0.851. The van der Waals surface area contributed by atoms with Gasteiger partial charge in [0.2, 0.25) is 0 Å². The van der Waals surface area contributed by atoms with Crippen molar-refractivity contribution in [2.75, 3.05) is 13.2 Å². The third-order valence-electron chi connectivity index (χ3n) is 3.66. The Morgan fingerprint density at radius 2 is 2.00 bits per heavy atom. The highest BCUT2D eigenvalue weighted by Gasteiger charge is 2.31. The van der Waals surface area contributed by atoms with E-state index in [4.69, 9.17) is 9.47 Å². The number of nitrogens with one attached hydrogen (secondary N) is 2.